The fraction of sp³-hybridized carbons (Fsp3) is 0.692. The summed E-state index contributed by atoms with van der Waals surface area (Å²) in [5, 5.41) is 4.27. The molecular weight excluding hydrogens is 260 g/mol. The molecule has 2 rings (SSSR count). The number of carbonyl (C=O) groups excluding carboxylic acids is 1. The summed E-state index contributed by atoms with van der Waals surface area (Å²) in [7, 11) is 1.66. The largest absolute Gasteiger partial charge is 0.383 e. The molecule has 0 saturated carbocycles. The van der Waals surface area contributed by atoms with Crippen molar-refractivity contribution in [2.24, 2.45) is 5.73 Å². The molecule has 0 aromatic carbocycles. The van der Waals surface area contributed by atoms with Crippen molar-refractivity contribution in [3.05, 3.63) is 18.0 Å². The first kappa shape index (κ1) is 15.0. The Balaban J connectivity index is 2.00. The number of primary amides is 1. The van der Waals surface area contributed by atoms with Crippen LogP contribution >= 0.6 is 0 Å². The van der Waals surface area contributed by atoms with Crippen molar-refractivity contribution in [2.75, 3.05) is 26.9 Å². The molecule has 2 atom stereocenters. The van der Waals surface area contributed by atoms with Crippen LogP contribution in [-0.2, 0) is 27.4 Å². The van der Waals surface area contributed by atoms with Crippen LogP contribution in [0.5, 0.6) is 0 Å². The van der Waals surface area contributed by atoms with Gasteiger partial charge in [0.1, 0.15) is 6.04 Å². The van der Waals surface area contributed by atoms with Gasteiger partial charge < -0.3 is 15.2 Å². The van der Waals surface area contributed by atoms with Crippen LogP contribution in [0.15, 0.2) is 12.4 Å². The molecule has 0 bridgehead atoms. The summed E-state index contributed by atoms with van der Waals surface area (Å²) in [6, 6.07) is -0.383. The Hall–Kier alpha value is -1.44. The third-order valence-corrected chi connectivity index (χ3v) is 3.49. The molecule has 1 fully saturated rings. The number of nitrogens with zero attached hydrogens (tertiary/aromatic N) is 3. The number of ether oxygens (including phenoxy) is 2. The minimum absolute atomic E-state index is 0.176. The lowest BCUT2D eigenvalue weighted by Gasteiger charge is -2.37. The SMILES string of the molecule is COCCn1cc(CN2CCO[C@H](C)[C@H]2C(N)=O)cn1. The Morgan fingerprint density at radius 1 is 1.65 bits per heavy atom. The van der Waals surface area contributed by atoms with Crippen molar-refractivity contribution in [3.8, 4) is 0 Å². The van der Waals surface area contributed by atoms with Gasteiger partial charge in [-0.25, -0.2) is 0 Å². The lowest BCUT2D eigenvalue weighted by atomic mass is 10.1. The number of methoxy groups -OCH3 is 1. The van der Waals surface area contributed by atoms with E-state index in [-0.39, 0.29) is 18.1 Å². The van der Waals surface area contributed by atoms with Gasteiger partial charge in [0.15, 0.2) is 0 Å². The second kappa shape index (κ2) is 6.83. The number of hydrogen-bond donors (Lipinski definition) is 1. The minimum atomic E-state index is -0.383. The molecule has 0 radical (unpaired) electrons. The van der Waals surface area contributed by atoms with E-state index in [4.69, 9.17) is 15.2 Å². The van der Waals surface area contributed by atoms with Gasteiger partial charge in [-0.1, -0.05) is 0 Å². The predicted octanol–water partition coefficient (Wildman–Crippen LogP) is -0.396. The third-order valence-electron chi connectivity index (χ3n) is 3.49. The lowest BCUT2D eigenvalue weighted by molar-refractivity contribution is -0.136. The zero-order valence-electron chi connectivity index (χ0n) is 12.0. The predicted molar refractivity (Wildman–Crippen MR) is 72.9 cm³/mol. The Labute approximate surface area is 118 Å². The number of hydrogen-bond acceptors (Lipinski definition) is 5. The smallest absolute Gasteiger partial charge is 0.237 e. The fourth-order valence-corrected chi connectivity index (χ4v) is 2.50. The van der Waals surface area contributed by atoms with Crippen molar-refractivity contribution in [1.29, 1.82) is 0 Å². The molecule has 7 nitrogen and oxygen atoms in total. The van der Waals surface area contributed by atoms with Gasteiger partial charge in [0.05, 0.1) is 32.1 Å². The number of amides is 1. The Bertz CT molecular complexity index is 449. The summed E-state index contributed by atoms with van der Waals surface area (Å²) in [6.07, 6.45) is 3.61. The van der Waals surface area contributed by atoms with Crippen LogP contribution in [0.4, 0.5) is 0 Å². The van der Waals surface area contributed by atoms with Crippen LogP contribution in [0.2, 0.25) is 0 Å². The van der Waals surface area contributed by atoms with Gasteiger partial charge in [0.25, 0.3) is 0 Å². The molecule has 2 heterocycles. The molecule has 1 amide bonds. The number of rotatable bonds is 6. The van der Waals surface area contributed by atoms with Crippen LogP contribution in [0.1, 0.15) is 12.5 Å². The first-order valence-electron chi connectivity index (χ1n) is 6.77. The maximum Gasteiger partial charge on any atom is 0.237 e. The molecule has 0 aliphatic carbocycles. The number of nitrogens with two attached hydrogens (primary N) is 1. The van der Waals surface area contributed by atoms with Gasteiger partial charge >= 0.3 is 0 Å². The van der Waals surface area contributed by atoms with E-state index < -0.39 is 0 Å². The van der Waals surface area contributed by atoms with E-state index in [0.717, 1.165) is 12.1 Å². The number of aromatic nitrogens is 2. The van der Waals surface area contributed by atoms with Crippen LogP contribution in [0.3, 0.4) is 0 Å². The highest BCUT2D eigenvalue weighted by molar-refractivity contribution is 5.80. The Morgan fingerprint density at radius 2 is 2.45 bits per heavy atom. The molecule has 112 valence electrons. The molecule has 7 heteroatoms. The van der Waals surface area contributed by atoms with Crippen LogP contribution in [-0.4, -0.2) is 59.6 Å². The summed E-state index contributed by atoms with van der Waals surface area (Å²) in [6.45, 7) is 5.18. The molecule has 1 aromatic heterocycles. The van der Waals surface area contributed by atoms with E-state index in [1.54, 1.807) is 7.11 Å². The van der Waals surface area contributed by atoms with Crippen molar-refractivity contribution in [3.63, 3.8) is 0 Å². The fourth-order valence-electron chi connectivity index (χ4n) is 2.50. The molecule has 0 unspecified atom stereocenters. The maximum atomic E-state index is 11.6. The summed E-state index contributed by atoms with van der Waals surface area (Å²) >= 11 is 0. The van der Waals surface area contributed by atoms with Gasteiger partial charge in [-0.3, -0.25) is 14.4 Å². The van der Waals surface area contributed by atoms with E-state index in [0.29, 0.717) is 26.3 Å². The van der Waals surface area contributed by atoms with E-state index >= 15 is 0 Å². The van der Waals surface area contributed by atoms with E-state index in [1.165, 1.54) is 0 Å². The summed E-state index contributed by atoms with van der Waals surface area (Å²) in [4.78, 5) is 13.6. The van der Waals surface area contributed by atoms with Crippen molar-refractivity contribution in [1.82, 2.24) is 14.7 Å². The first-order valence-corrected chi connectivity index (χ1v) is 6.77. The average molecular weight is 282 g/mol. The van der Waals surface area contributed by atoms with E-state index in [9.17, 15) is 4.79 Å². The average Bonchev–Trinajstić information content (AvgIpc) is 2.83. The minimum Gasteiger partial charge on any atom is -0.383 e. The van der Waals surface area contributed by atoms with Crippen LogP contribution in [0.25, 0.3) is 0 Å². The van der Waals surface area contributed by atoms with Crippen molar-refractivity contribution in [2.45, 2.75) is 32.2 Å². The number of carbonyl (C=O) groups is 1. The Morgan fingerprint density at radius 3 is 3.15 bits per heavy atom. The molecular formula is C13H22N4O3. The molecule has 0 spiro atoms. The zero-order chi connectivity index (χ0) is 14.5. The molecule has 2 N–H and O–H groups in total. The van der Waals surface area contributed by atoms with Gasteiger partial charge in [0, 0.05) is 32.0 Å². The second-order valence-corrected chi connectivity index (χ2v) is 5.00. The van der Waals surface area contributed by atoms with Crippen molar-refractivity contribution >= 4 is 5.91 Å². The van der Waals surface area contributed by atoms with Crippen LogP contribution < -0.4 is 5.73 Å². The van der Waals surface area contributed by atoms with Gasteiger partial charge in [-0.15, -0.1) is 0 Å². The standard InChI is InChI=1S/C13H22N4O3/c1-10-12(13(14)18)16(3-6-20-10)8-11-7-15-17(9-11)4-5-19-2/h7,9-10,12H,3-6,8H2,1-2H3,(H2,14,18)/t10-,12+/m1/s1. The van der Waals surface area contributed by atoms with E-state index in [2.05, 4.69) is 5.10 Å². The highest BCUT2D eigenvalue weighted by Crippen LogP contribution is 2.16. The molecule has 1 aromatic rings. The summed E-state index contributed by atoms with van der Waals surface area (Å²) < 4.78 is 12.4. The third kappa shape index (κ3) is 3.56. The second-order valence-electron chi connectivity index (χ2n) is 5.00. The first-order chi connectivity index (χ1) is 9.61. The van der Waals surface area contributed by atoms with Gasteiger partial charge in [-0.2, -0.15) is 5.10 Å². The summed E-state index contributed by atoms with van der Waals surface area (Å²) in [5.74, 6) is -0.344. The normalized spacial score (nSPS) is 23.9. The molecule has 1 saturated heterocycles. The van der Waals surface area contributed by atoms with Gasteiger partial charge in [-0.05, 0) is 6.92 Å². The number of morpholine rings is 1. The monoisotopic (exact) mass is 282 g/mol. The molecule has 1 aliphatic rings. The molecule has 1 aliphatic heterocycles. The highest BCUT2D eigenvalue weighted by Gasteiger charge is 2.33. The highest BCUT2D eigenvalue weighted by atomic mass is 16.5. The van der Waals surface area contributed by atoms with Gasteiger partial charge in [0.2, 0.25) is 5.91 Å². The quantitative estimate of drug-likeness (QED) is 0.768. The molecule has 20 heavy (non-hydrogen) atoms. The zero-order valence-corrected chi connectivity index (χ0v) is 12.0. The maximum absolute atomic E-state index is 11.6. The van der Waals surface area contributed by atoms with Crippen LogP contribution in [0, 0.1) is 0 Å². The topological polar surface area (TPSA) is 82.6 Å². The van der Waals surface area contributed by atoms with E-state index in [1.807, 2.05) is 28.9 Å². The Kier molecular flexibility index (Phi) is 5.11. The lowest BCUT2D eigenvalue weighted by Crippen LogP contribution is -2.56. The summed E-state index contributed by atoms with van der Waals surface area (Å²) in [5.41, 5.74) is 6.53. The van der Waals surface area contributed by atoms with Crippen molar-refractivity contribution < 1.29 is 14.3 Å².